The molecule has 0 aliphatic carbocycles. The molecule has 7 nitrogen and oxygen atoms in total. The lowest BCUT2D eigenvalue weighted by molar-refractivity contribution is -0.0366. The zero-order valence-corrected chi connectivity index (χ0v) is 16.5. The Morgan fingerprint density at radius 1 is 1.15 bits per heavy atom. The Labute approximate surface area is 161 Å². The first kappa shape index (κ1) is 18.6. The van der Waals surface area contributed by atoms with Crippen LogP contribution >= 0.6 is 0 Å². The number of amides is 1. The number of aryl methyl sites for hydroxylation is 1. The van der Waals surface area contributed by atoms with Crippen molar-refractivity contribution >= 4 is 11.7 Å². The monoisotopic (exact) mass is 373 g/mol. The van der Waals surface area contributed by atoms with Crippen LogP contribution in [-0.2, 0) is 4.74 Å². The van der Waals surface area contributed by atoms with Crippen molar-refractivity contribution in [1.82, 2.24) is 14.9 Å². The molecular weight excluding hydrogens is 342 g/mol. The number of likely N-dealkylation sites (tertiary alicyclic amines) is 1. The number of nitrogens with zero attached hydrogens (tertiary/aromatic N) is 4. The van der Waals surface area contributed by atoms with Crippen LogP contribution in [-0.4, -0.2) is 65.2 Å². The lowest BCUT2D eigenvalue weighted by atomic mass is 9.80. The zero-order valence-electron chi connectivity index (χ0n) is 16.5. The third-order valence-corrected chi connectivity index (χ3v) is 6.59. The van der Waals surface area contributed by atoms with Gasteiger partial charge in [-0.2, -0.15) is 0 Å². The van der Waals surface area contributed by atoms with Crippen LogP contribution in [0.25, 0.3) is 0 Å². The topological polar surface area (TPSA) is 84.6 Å². The fraction of sp³-hybridized carbons (Fsp3) is 0.750. The zero-order chi connectivity index (χ0) is 19.0. The molecule has 4 rings (SSSR count). The van der Waals surface area contributed by atoms with Crippen molar-refractivity contribution in [1.29, 1.82) is 0 Å². The summed E-state index contributed by atoms with van der Waals surface area (Å²) in [6, 6.07) is 0.173. The van der Waals surface area contributed by atoms with E-state index in [1.54, 1.807) is 0 Å². The summed E-state index contributed by atoms with van der Waals surface area (Å²) in [6.45, 7) is 7.92. The number of aromatic nitrogens is 2. The molecule has 1 atom stereocenters. The van der Waals surface area contributed by atoms with E-state index >= 15 is 0 Å². The van der Waals surface area contributed by atoms with Crippen molar-refractivity contribution in [3.8, 4) is 0 Å². The number of anilines is 1. The Morgan fingerprint density at radius 2 is 1.93 bits per heavy atom. The van der Waals surface area contributed by atoms with Crippen LogP contribution in [0.3, 0.4) is 0 Å². The van der Waals surface area contributed by atoms with E-state index in [1.807, 2.05) is 13.8 Å². The summed E-state index contributed by atoms with van der Waals surface area (Å²) in [5.41, 5.74) is 7.93. The van der Waals surface area contributed by atoms with E-state index in [0.717, 1.165) is 82.0 Å². The summed E-state index contributed by atoms with van der Waals surface area (Å²) in [4.78, 5) is 27.1. The standard InChI is InChI=1S/C20H31N5O2/c1-14-15(2)22-17(23-18(14)24-10-5-16(21)13-24)19(26)25-9-4-3-6-20(25)7-11-27-12-8-20/h16H,3-13,21H2,1-2H3/t16-/m1/s1. The second-order valence-electron chi connectivity index (χ2n) is 8.33. The predicted octanol–water partition coefficient (Wildman–Crippen LogP) is 1.81. The third-order valence-electron chi connectivity index (χ3n) is 6.59. The molecule has 3 fully saturated rings. The lowest BCUT2D eigenvalue weighted by Gasteiger charge is -2.49. The molecule has 148 valence electrons. The molecule has 4 heterocycles. The fourth-order valence-corrected chi connectivity index (χ4v) is 4.80. The molecular formula is C20H31N5O2. The smallest absolute Gasteiger partial charge is 0.292 e. The first-order chi connectivity index (χ1) is 13.0. The van der Waals surface area contributed by atoms with Gasteiger partial charge in [0.25, 0.3) is 5.91 Å². The number of hydrogen-bond acceptors (Lipinski definition) is 6. The van der Waals surface area contributed by atoms with Crippen molar-refractivity contribution in [2.24, 2.45) is 5.73 Å². The van der Waals surface area contributed by atoms with Gasteiger partial charge in [-0.15, -0.1) is 0 Å². The minimum absolute atomic E-state index is 0.0237. The number of hydrogen-bond donors (Lipinski definition) is 1. The van der Waals surface area contributed by atoms with Gasteiger partial charge in [-0.1, -0.05) is 0 Å². The second-order valence-corrected chi connectivity index (χ2v) is 8.33. The molecule has 1 amide bonds. The molecule has 0 bridgehead atoms. The Morgan fingerprint density at radius 3 is 2.63 bits per heavy atom. The van der Waals surface area contributed by atoms with Gasteiger partial charge in [-0.05, 0) is 52.4 Å². The number of carbonyl (C=O) groups is 1. The molecule has 2 N–H and O–H groups in total. The maximum absolute atomic E-state index is 13.5. The molecule has 27 heavy (non-hydrogen) atoms. The molecule has 3 aliphatic heterocycles. The lowest BCUT2D eigenvalue weighted by Crippen LogP contribution is -2.57. The summed E-state index contributed by atoms with van der Waals surface area (Å²) in [7, 11) is 0. The van der Waals surface area contributed by atoms with Crippen LogP contribution in [0.4, 0.5) is 5.82 Å². The van der Waals surface area contributed by atoms with Crippen molar-refractivity contribution in [3.63, 3.8) is 0 Å². The molecule has 3 aliphatic rings. The molecule has 3 saturated heterocycles. The van der Waals surface area contributed by atoms with Gasteiger partial charge < -0.3 is 20.3 Å². The quantitative estimate of drug-likeness (QED) is 0.851. The van der Waals surface area contributed by atoms with Crippen LogP contribution < -0.4 is 10.6 Å². The maximum Gasteiger partial charge on any atom is 0.292 e. The molecule has 1 spiro atoms. The highest BCUT2D eigenvalue weighted by atomic mass is 16.5. The van der Waals surface area contributed by atoms with E-state index in [4.69, 9.17) is 15.5 Å². The summed E-state index contributed by atoms with van der Waals surface area (Å²) in [5, 5.41) is 0. The van der Waals surface area contributed by atoms with Gasteiger partial charge in [-0.3, -0.25) is 4.79 Å². The van der Waals surface area contributed by atoms with E-state index in [-0.39, 0.29) is 17.5 Å². The van der Waals surface area contributed by atoms with Crippen LogP contribution in [0.1, 0.15) is 60.4 Å². The van der Waals surface area contributed by atoms with E-state index in [9.17, 15) is 4.79 Å². The molecule has 7 heteroatoms. The third kappa shape index (κ3) is 3.43. The highest BCUT2D eigenvalue weighted by Gasteiger charge is 2.43. The maximum atomic E-state index is 13.5. The van der Waals surface area contributed by atoms with Crippen molar-refractivity contribution in [2.75, 3.05) is 37.7 Å². The molecule has 0 saturated carbocycles. The Hall–Kier alpha value is -1.73. The predicted molar refractivity (Wildman–Crippen MR) is 104 cm³/mol. The molecule has 1 aromatic heterocycles. The normalized spacial score (nSPS) is 25.2. The van der Waals surface area contributed by atoms with Crippen LogP contribution in [0, 0.1) is 13.8 Å². The Kier molecular flexibility index (Phi) is 5.07. The van der Waals surface area contributed by atoms with E-state index < -0.39 is 0 Å². The van der Waals surface area contributed by atoms with Gasteiger partial charge in [0.2, 0.25) is 5.82 Å². The van der Waals surface area contributed by atoms with Gasteiger partial charge in [0.1, 0.15) is 5.82 Å². The van der Waals surface area contributed by atoms with Gasteiger partial charge in [0, 0.05) is 55.7 Å². The molecule has 0 unspecified atom stereocenters. The number of piperidine rings is 1. The molecule has 0 aromatic carbocycles. The highest BCUT2D eigenvalue weighted by Crippen LogP contribution is 2.37. The Balaban J connectivity index is 1.65. The average molecular weight is 374 g/mol. The van der Waals surface area contributed by atoms with Gasteiger partial charge in [0.15, 0.2) is 0 Å². The summed E-state index contributed by atoms with van der Waals surface area (Å²) in [5.74, 6) is 1.18. The first-order valence-corrected chi connectivity index (χ1v) is 10.3. The van der Waals surface area contributed by atoms with E-state index in [2.05, 4.69) is 14.8 Å². The summed E-state index contributed by atoms with van der Waals surface area (Å²) in [6.07, 6.45) is 6.07. The molecule has 1 aromatic rings. The number of rotatable bonds is 2. The highest BCUT2D eigenvalue weighted by molar-refractivity contribution is 5.91. The SMILES string of the molecule is Cc1nc(C(=O)N2CCCCC23CCOCC3)nc(N2CC[C@@H](N)C2)c1C. The Bertz CT molecular complexity index is 708. The van der Waals surface area contributed by atoms with Crippen LogP contribution in [0.5, 0.6) is 0 Å². The van der Waals surface area contributed by atoms with Gasteiger partial charge >= 0.3 is 0 Å². The number of nitrogens with two attached hydrogens (primary N) is 1. The van der Waals surface area contributed by atoms with Gasteiger partial charge in [0.05, 0.1) is 0 Å². The van der Waals surface area contributed by atoms with Crippen molar-refractivity contribution in [2.45, 2.75) is 64.0 Å². The molecule has 0 radical (unpaired) electrons. The summed E-state index contributed by atoms with van der Waals surface area (Å²) >= 11 is 0. The second kappa shape index (κ2) is 7.36. The minimum atomic E-state index is -0.0775. The van der Waals surface area contributed by atoms with E-state index in [1.165, 1.54) is 6.42 Å². The van der Waals surface area contributed by atoms with Crippen molar-refractivity contribution < 1.29 is 9.53 Å². The average Bonchev–Trinajstić information content (AvgIpc) is 3.10. The van der Waals surface area contributed by atoms with Crippen LogP contribution in [0.2, 0.25) is 0 Å². The largest absolute Gasteiger partial charge is 0.381 e. The summed E-state index contributed by atoms with van der Waals surface area (Å²) < 4.78 is 5.57. The van der Waals surface area contributed by atoms with Crippen LogP contribution in [0.15, 0.2) is 0 Å². The minimum Gasteiger partial charge on any atom is -0.381 e. The van der Waals surface area contributed by atoms with Crippen molar-refractivity contribution in [3.05, 3.63) is 17.1 Å². The van der Waals surface area contributed by atoms with E-state index in [0.29, 0.717) is 5.82 Å². The number of carbonyl (C=O) groups excluding carboxylic acids is 1. The van der Waals surface area contributed by atoms with Gasteiger partial charge in [-0.25, -0.2) is 9.97 Å². The first-order valence-electron chi connectivity index (χ1n) is 10.3. The number of ether oxygens (including phenoxy) is 1. The fourth-order valence-electron chi connectivity index (χ4n) is 4.80.